The first-order valence-corrected chi connectivity index (χ1v) is 9.37. The van der Waals surface area contributed by atoms with Crippen molar-refractivity contribution in [3.8, 4) is 5.75 Å². The predicted molar refractivity (Wildman–Crippen MR) is 103 cm³/mol. The monoisotopic (exact) mass is 371 g/mol. The van der Waals surface area contributed by atoms with Gasteiger partial charge in [-0.3, -0.25) is 0 Å². The molecule has 0 atom stereocenters. The van der Waals surface area contributed by atoms with Crippen LogP contribution in [0.4, 0.5) is 9.18 Å². The highest BCUT2D eigenvalue weighted by molar-refractivity contribution is 5.74. The number of piperidine rings is 1. The van der Waals surface area contributed by atoms with Crippen LogP contribution in [0, 0.1) is 5.82 Å². The minimum absolute atomic E-state index is 0.0936. The number of rotatable bonds is 6. The molecule has 0 radical (unpaired) electrons. The summed E-state index contributed by atoms with van der Waals surface area (Å²) in [5.74, 6) is 0.580. The van der Waals surface area contributed by atoms with E-state index in [4.69, 9.17) is 10.5 Å². The highest BCUT2D eigenvalue weighted by Crippen LogP contribution is 2.20. The van der Waals surface area contributed by atoms with Gasteiger partial charge in [0, 0.05) is 32.5 Å². The summed E-state index contributed by atoms with van der Waals surface area (Å²) in [6.45, 7) is 2.35. The zero-order chi connectivity index (χ0) is 19.1. The lowest BCUT2D eigenvalue weighted by Crippen LogP contribution is -2.46. The molecule has 0 aromatic heterocycles. The highest BCUT2D eigenvalue weighted by atomic mass is 19.1. The van der Waals surface area contributed by atoms with Gasteiger partial charge in [0.15, 0.2) is 0 Å². The van der Waals surface area contributed by atoms with Crippen molar-refractivity contribution in [3.63, 3.8) is 0 Å². The highest BCUT2D eigenvalue weighted by Gasteiger charge is 2.23. The van der Waals surface area contributed by atoms with Gasteiger partial charge in [-0.2, -0.15) is 0 Å². The van der Waals surface area contributed by atoms with Crippen LogP contribution in [0.1, 0.15) is 24.0 Å². The normalized spacial score (nSPS) is 14.8. The van der Waals surface area contributed by atoms with Crippen molar-refractivity contribution < 1.29 is 13.9 Å². The third-order valence-electron chi connectivity index (χ3n) is 4.75. The molecule has 0 spiro atoms. The number of urea groups is 1. The van der Waals surface area contributed by atoms with Gasteiger partial charge in [-0.25, -0.2) is 9.18 Å². The lowest BCUT2D eigenvalue weighted by molar-refractivity contribution is 0.111. The van der Waals surface area contributed by atoms with Crippen molar-refractivity contribution in [3.05, 3.63) is 65.5 Å². The van der Waals surface area contributed by atoms with Crippen LogP contribution in [0.5, 0.6) is 5.75 Å². The molecule has 2 aromatic rings. The first kappa shape index (κ1) is 19.2. The Morgan fingerprint density at radius 3 is 2.33 bits per heavy atom. The van der Waals surface area contributed by atoms with Gasteiger partial charge in [0.05, 0.1) is 0 Å². The van der Waals surface area contributed by atoms with E-state index >= 15 is 0 Å². The van der Waals surface area contributed by atoms with Crippen LogP contribution in [-0.2, 0) is 13.0 Å². The molecular formula is C21H26FN3O2. The van der Waals surface area contributed by atoms with Crippen molar-refractivity contribution >= 4 is 6.03 Å². The second-order valence-electron chi connectivity index (χ2n) is 6.77. The predicted octanol–water partition coefficient (Wildman–Crippen LogP) is 3.08. The van der Waals surface area contributed by atoms with E-state index in [1.54, 1.807) is 17.0 Å². The quantitative estimate of drug-likeness (QED) is 0.820. The number of hydrogen-bond acceptors (Lipinski definition) is 3. The minimum Gasteiger partial charge on any atom is -0.490 e. The molecule has 3 N–H and O–H groups in total. The standard InChI is InChI=1S/C21H26FN3O2/c22-18-5-1-17(2-6-18)15-24-21(26)25-13-10-20(11-14-25)27-19-7-3-16(4-8-19)9-12-23/h1-8,20H,9-15,23H2,(H,24,26). The van der Waals surface area contributed by atoms with E-state index in [1.165, 1.54) is 17.7 Å². The Morgan fingerprint density at radius 1 is 1.07 bits per heavy atom. The first-order valence-electron chi connectivity index (χ1n) is 9.37. The van der Waals surface area contributed by atoms with E-state index in [0.29, 0.717) is 26.2 Å². The molecule has 0 aliphatic carbocycles. The second kappa shape index (κ2) is 9.37. The van der Waals surface area contributed by atoms with E-state index in [9.17, 15) is 9.18 Å². The Balaban J connectivity index is 1.41. The summed E-state index contributed by atoms with van der Waals surface area (Å²) in [5.41, 5.74) is 7.64. The summed E-state index contributed by atoms with van der Waals surface area (Å²) in [5, 5.41) is 2.88. The molecule has 1 saturated heterocycles. The van der Waals surface area contributed by atoms with E-state index in [2.05, 4.69) is 5.32 Å². The van der Waals surface area contributed by atoms with Crippen LogP contribution in [-0.4, -0.2) is 36.7 Å². The lowest BCUT2D eigenvalue weighted by Gasteiger charge is -2.32. The smallest absolute Gasteiger partial charge is 0.317 e. The molecule has 0 bridgehead atoms. The molecule has 1 fully saturated rings. The first-order chi connectivity index (χ1) is 13.1. The van der Waals surface area contributed by atoms with Crippen LogP contribution in [0.15, 0.2) is 48.5 Å². The lowest BCUT2D eigenvalue weighted by atomic mass is 10.1. The number of carbonyl (C=O) groups excluding carboxylic acids is 1. The van der Waals surface area contributed by atoms with Crippen LogP contribution in [0.2, 0.25) is 0 Å². The van der Waals surface area contributed by atoms with Crippen molar-refractivity contribution in [1.29, 1.82) is 0 Å². The largest absolute Gasteiger partial charge is 0.490 e. The van der Waals surface area contributed by atoms with E-state index in [1.807, 2.05) is 24.3 Å². The van der Waals surface area contributed by atoms with E-state index in [-0.39, 0.29) is 18.0 Å². The fourth-order valence-corrected chi connectivity index (χ4v) is 3.16. The summed E-state index contributed by atoms with van der Waals surface area (Å²) in [6, 6.07) is 14.1. The summed E-state index contributed by atoms with van der Waals surface area (Å²) < 4.78 is 18.9. The third kappa shape index (κ3) is 5.69. The Bertz CT molecular complexity index is 726. The van der Waals surface area contributed by atoms with Gasteiger partial charge in [-0.1, -0.05) is 24.3 Å². The van der Waals surface area contributed by atoms with Crippen LogP contribution in [0.25, 0.3) is 0 Å². The van der Waals surface area contributed by atoms with Crippen molar-refractivity contribution in [2.75, 3.05) is 19.6 Å². The fraction of sp³-hybridized carbons (Fsp3) is 0.381. The number of nitrogens with two attached hydrogens (primary N) is 1. The molecular weight excluding hydrogens is 345 g/mol. The third-order valence-corrected chi connectivity index (χ3v) is 4.75. The molecule has 1 aliphatic rings. The van der Waals surface area contributed by atoms with Gasteiger partial charge in [0.25, 0.3) is 0 Å². The molecule has 0 unspecified atom stereocenters. The van der Waals surface area contributed by atoms with Gasteiger partial charge in [0.2, 0.25) is 0 Å². The number of carbonyl (C=O) groups is 1. The molecule has 2 aromatic carbocycles. The Labute approximate surface area is 159 Å². The molecule has 1 aliphatic heterocycles. The molecule has 0 saturated carbocycles. The number of ether oxygens (including phenoxy) is 1. The molecule has 5 nitrogen and oxygen atoms in total. The summed E-state index contributed by atoms with van der Waals surface area (Å²) in [4.78, 5) is 14.1. The Morgan fingerprint density at radius 2 is 1.70 bits per heavy atom. The fourth-order valence-electron chi connectivity index (χ4n) is 3.16. The average molecular weight is 371 g/mol. The molecule has 1 heterocycles. The number of likely N-dealkylation sites (tertiary alicyclic amines) is 1. The van der Waals surface area contributed by atoms with Crippen LogP contribution >= 0.6 is 0 Å². The molecule has 3 rings (SSSR count). The molecule has 2 amide bonds. The maximum Gasteiger partial charge on any atom is 0.317 e. The maximum atomic E-state index is 12.9. The maximum absolute atomic E-state index is 12.9. The molecule has 144 valence electrons. The summed E-state index contributed by atoms with van der Waals surface area (Å²) in [7, 11) is 0. The van der Waals surface area contributed by atoms with E-state index in [0.717, 1.165) is 30.6 Å². The number of benzene rings is 2. The number of hydrogen-bond donors (Lipinski definition) is 2. The average Bonchev–Trinajstić information content (AvgIpc) is 2.70. The Kier molecular flexibility index (Phi) is 6.65. The van der Waals surface area contributed by atoms with Crippen LogP contribution < -0.4 is 15.8 Å². The van der Waals surface area contributed by atoms with Crippen molar-refractivity contribution in [1.82, 2.24) is 10.2 Å². The van der Waals surface area contributed by atoms with Gasteiger partial charge in [-0.15, -0.1) is 0 Å². The van der Waals surface area contributed by atoms with Crippen molar-refractivity contribution in [2.45, 2.75) is 31.9 Å². The molecule has 6 heteroatoms. The second-order valence-corrected chi connectivity index (χ2v) is 6.77. The zero-order valence-corrected chi connectivity index (χ0v) is 15.4. The summed E-state index contributed by atoms with van der Waals surface area (Å²) in [6.07, 6.45) is 2.58. The molecule has 27 heavy (non-hydrogen) atoms. The number of nitrogens with one attached hydrogen (secondary N) is 1. The van der Waals surface area contributed by atoms with Gasteiger partial charge < -0.3 is 20.7 Å². The summed E-state index contributed by atoms with van der Waals surface area (Å²) >= 11 is 0. The number of nitrogens with zero attached hydrogens (tertiary/aromatic N) is 1. The number of amides is 2. The van der Waals surface area contributed by atoms with Gasteiger partial charge in [0.1, 0.15) is 17.7 Å². The minimum atomic E-state index is -0.277. The van der Waals surface area contributed by atoms with Gasteiger partial charge in [-0.05, 0) is 48.4 Å². The van der Waals surface area contributed by atoms with Crippen LogP contribution in [0.3, 0.4) is 0 Å². The SMILES string of the molecule is NCCc1ccc(OC2CCN(C(=O)NCc3ccc(F)cc3)CC2)cc1. The van der Waals surface area contributed by atoms with Crippen molar-refractivity contribution in [2.24, 2.45) is 5.73 Å². The number of halogens is 1. The topological polar surface area (TPSA) is 67.6 Å². The van der Waals surface area contributed by atoms with Gasteiger partial charge >= 0.3 is 6.03 Å². The zero-order valence-electron chi connectivity index (χ0n) is 15.4. The Hall–Kier alpha value is -2.60. The van der Waals surface area contributed by atoms with E-state index < -0.39 is 0 Å².